The summed E-state index contributed by atoms with van der Waals surface area (Å²) in [6.07, 6.45) is 3.11. The van der Waals surface area contributed by atoms with Crippen LogP contribution in [0.3, 0.4) is 0 Å². The van der Waals surface area contributed by atoms with Crippen molar-refractivity contribution >= 4 is 22.8 Å². The number of aliphatic carboxylic acids is 1. The van der Waals surface area contributed by atoms with Crippen LogP contribution in [0, 0.1) is 30.3 Å². The van der Waals surface area contributed by atoms with Crippen LogP contribution in [-0.4, -0.2) is 26.7 Å². The van der Waals surface area contributed by atoms with Crippen LogP contribution in [0.2, 0.25) is 0 Å². The first kappa shape index (κ1) is 21.9. The van der Waals surface area contributed by atoms with Gasteiger partial charge in [0.05, 0.1) is 10.9 Å². The Bertz CT molecular complexity index is 1260. The SMILES string of the molecule is Cc1c([C@](C)(C(=O)O)C2CCCC2)c2cc(O)c(F)cc2n1C(=O)c1ccc(F)c(F)c1. The Morgan fingerprint density at radius 3 is 2.28 bits per heavy atom. The molecule has 0 unspecified atom stereocenters. The summed E-state index contributed by atoms with van der Waals surface area (Å²) in [5.41, 5.74) is -0.979. The number of benzene rings is 2. The third kappa shape index (κ3) is 3.16. The van der Waals surface area contributed by atoms with E-state index >= 15 is 0 Å². The maximum absolute atomic E-state index is 14.3. The van der Waals surface area contributed by atoms with Gasteiger partial charge in [-0.15, -0.1) is 0 Å². The van der Waals surface area contributed by atoms with Gasteiger partial charge in [-0.1, -0.05) is 12.8 Å². The first-order chi connectivity index (χ1) is 15.1. The van der Waals surface area contributed by atoms with Gasteiger partial charge < -0.3 is 10.2 Å². The number of rotatable bonds is 4. The highest BCUT2D eigenvalue weighted by Gasteiger charge is 2.47. The van der Waals surface area contributed by atoms with Crippen molar-refractivity contribution in [3.05, 3.63) is 64.6 Å². The number of hydrogen-bond donors (Lipinski definition) is 2. The van der Waals surface area contributed by atoms with Gasteiger partial charge in [0.25, 0.3) is 5.91 Å². The monoisotopic (exact) mass is 445 g/mol. The minimum Gasteiger partial charge on any atom is -0.505 e. The molecule has 1 aromatic heterocycles. The van der Waals surface area contributed by atoms with Crippen molar-refractivity contribution in [1.82, 2.24) is 4.57 Å². The number of carbonyl (C=O) groups excluding carboxylic acids is 1. The molecule has 5 nitrogen and oxygen atoms in total. The second kappa shape index (κ2) is 7.69. The molecule has 168 valence electrons. The van der Waals surface area contributed by atoms with Gasteiger partial charge in [0.15, 0.2) is 23.2 Å². The van der Waals surface area contributed by atoms with E-state index in [2.05, 4.69) is 0 Å². The summed E-state index contributed by atoms with van der Waals surface area (Å²) in [6.45, 7) is 3.12. The second-order valence-electron chi connectivity index (χ2n) is 8.54. The molecule has 0 aliphatic heterocycles. The largest absolute Gasteiger partial charge is 0.505 e. The predicted octanol–water partition coefficient (Wildman–Crippen LogP) is 5.29. The molecule has 0 radical (unpaired) electrons. The molecule has 2 aromatic carbocycles. The molecule has 1 heterocycles. The van der Waals surface area contributed by atoms with E-state index in [4.69, 9.17) is 0 Å². The van der Waals surface area contributed by atoms with Gasteiger partial charge in [-0.05, 0) is 62.4 Å². The number of nitrogens with zero attached hydrogens (tertiary/aromatic N) is 1. The van der Waals surface area contributed by atoms with Crippen LogP contribution in [0.25, 0.3) is 10.9 Å². The van der Waals surface area contributed by atoms with E-state index in [1.54, 1.807) is 6.92 Å². The number of phenolic OH excluding ortho intramolecular Hbond substituents is 1. The molecule has 1 aliphatic carbocycles. The zero-order chi connectivity index (χ0) is 23.4. The first-order valence-electron chi connectivity index (χ1n) is 10.3. The zero-order valence-corrected chi connectivity index (χ0v) is 17.6. The van der Waals surface area contributed by atoms with E-state index in [0.717, 1.165) is 47.7 Å². The van der Waals surface area contributed by atoms with Crippen LogP contribution in [0.4, 0.5) is 13.2 Å². The molecule has 2 N–H and O–H groups in total. The van der Waals surface area contributed by atoms with Crippen molar-refractivity contribution in [3.63, 3.8) is 0 Å². The summed E-state index contributed by atoms with van der Waals surface area (Å²) >= 11 is 0. The van der Waals surface area contributed by atoms with E-state index in [9.17, 15) is 33.0 Å². The predicted molar refractivity (Wildman–Crippen MR) is 111 cm³/mol. The quantitative estimate of drug-likeness (QED) is 0.572. The topological polar surface area (TPSA) is 79.5 Å². The van der Waals surface area contributed by atoms with Gasteiger partial charge in [-0.2, -0.15) is 0 Å². The summed E-state index contributed by atoms with van der Waals surface area (Å²) in [6, 6.07) is 4.74. The molecule has 0 bridgehead atoms. The van der Waals surface area contributed by atoms with Crippen molar-refractivity contribution in [2.24, 2.45) is 5.92 Å². The molecule has 0 saturated heterocycles. The molecule has 1 aliphatic rings. The van der Waals surface area contributed by atoms with Gasteiger partial charge in [-0.25, -0.2) is 13.2 Å². The lowest BCUT2D eigenvalue weighted by atomic mass is 9.70. The smallest absolute Gasteiger partial charge is 0.314 e. The van der Waals surface area contributed by atoms with Crippen molar-refractivity contribution in [3.8, 4) is 5.75 Å². The molecule has 1 atom stereocenters. The van der Waals surface area contributed by atoms with Crippen LogP contribution < -0.4 is 0 Å². The molecule has 1 fully saturated rings. The van der Waals surface area contributed by atoms with Gasteiger partial charge in [0.2, 0.25) is 0 Å². The molecule has 1 saturated carbocycles. The third-order valence-corrected chi connectivity index (χ3v) is 6.78. The van der Waals surface area contributed by atoms with Crippen LogP contribution in [0.1, 0.15) is 54.2 Å². The minimum atomic E-state index is -1.40. The summed E-state index contributed by atoms with van der Waals surface area (Å²) in [5, 5.41) is 20.5. The second-order valence-corrected chi connectivity index (χ2v) is 8.54. The molecule has 0 spiro atoms. The molecule has 0 amide bonds. The first-order valence-corrected chi connectivity index (χ1v) is 10.3. The van der Waals surface area contributed by atoms with E-state index in [0.29, 0.717) is 18.4 Å². The van der Waals surface area contributed by atoms with E-state index in [-0.39, 0.29) is 28.1 Å². The Kier molecular flexibility index (Phi) is 5.27. The Hall–Kier alpha value is -3.29. The fourth-order valence-electron chi connectivity index (χ4n) is 5.09. The summed E-state index contributed by atoms with van der Waals surface area (Å²) in [4.78, 5) is 25.9. The standard InChI is InChI=1S/C24H22F3NO4/c1-12-21(24(2,23(31)32)14-5-3-4-6-14)15-10-20(29)18(27)11-19(15)28(12)22(30)13-7-8-16(25)17(26)9-13/h7-11,14,29H,3-6H2,1-2H3,(H,31,32)/t24-/m1/s1. The summed E-state index contributed by atoms with van der Waals surface area (Å²) < 4.78 is 42.6. The van der Waals surface area contributed by atoms with E-state index in [1.807, 2.05) is 0 Å². The number of aromatic hydroxyl groups is 1. The van der Waals surface area contributed by atoms with E-state index < -0.39 is 40.5 Å². The molecule has 3 aromatic rings. The van der Waals surface area contributed by atoms with Crippen molar-refractivity contribution in [2.75, 3.05) is 0 Å². The molecular weight excluding hydrogens is 423 g/mol. The lowest BCUT2D eigenvalue weighted by Gasteiger charge is -2.32. The lowest BCUT2D eigenvalue weighted by Crippen LogP contribution is -2.40. The maximum Gasteiger partial charge on any atom is 0.314 e. The van der Waals surface area contributed by atoms with Crippen molar-refractivity contribution in [1.29, 1.82) is 0 Å². The number of halogens is 3. The highest BCUT2D eigenvalue weighted by Crippen LogP contribution is 2.47. The van der Waals surface area contributed by atoms with Crippen molar-refractivity contribution < 1.29 is 33.0 Å². The summed E-state index contributed by atoms with van der Waals surface area (Å²) in [7, 11) is 0. The Balaban J connectivity index is 2.04. The van der Waals surface area contributed by atoms with Crippen LogP contribution in [0.5, 0.6) is 5.75 Å². The number of aromatic nitrogens is 1. The Morgan fingerprint density at radius 1 is 1.03 bits per heavy atom. The highest BCUT2D eigenvalue weighted by atomic mass is 19.2. The normalized spacial score (nSPS) is 16.4. The van der Waals surface area contributed by atoms with Gasteiger partial charge in [-0.3, -0.25) is 14.2 Å². The Morgan fingerprint density at radius 2 is 1.69 bits per heavy atom. The minimum absolute atomic E-state index is 0.0491. The highest BCUT2D eigenvalue weighted by molar-refractivity contribution is 6.06. The molecule has 8 heteroatoms. The molecular formula is C24H22F3NO4. The average Bonchev–Trinajstić information content (AvgIpc) is 3.36. The number of carbonyl (C=O) groups is 2. The molecule has 32 heavy (non-hydrogen) atoms. The van der Waals surface area contributed by atoms with Gasteiger partial charge >= 0.3 is 5.97 Å². The average molecular weight is 445 g/mol. The zero-order valence-electron chi connectivity index (χ0n) is 17.6. The van der Waals surface area contributed by atoms with Gasteiger partial charge in [0, 0.05) is 22.7 Å². The third-order valence-electron chi connectivity index (χ3n) is 6.78. The number of carboxylic acids is 1. The van der Waals surface area contributed by atoms with Gasteiger partial charge in [0.1, 0.15) is 0 Å². The Labute approximate surface area is 182 Å². The fourth-order valence-corrected chi connectivity index (χ4v) is 5.09. The number of carboxylic acid groups (broad SMARTS) is 1. The molecule has 4 rings (SSSR count). The summed E-state index contributed by atoms with van der Waals surface area (Å²) in [5.74, 6) is -6.06. The van der Waals surface area contributed by atoms with Crippen molar-refractivity contribution in [2.45, 2.75) is 44.9 Å². The number of fused-ring (bicyclic) bond motifs is 1. The lowest BCUT2D eigenvalue weighted by molar-refractivity contribution is -0.145. The number of phenols is 1. The van der Waals surface area contributed by atoms with Crippen LogP contribution >= 0.6 is 0 Å². The van der Waals surface area contributed by atoms with E-state index in [1.165, 1.54) is 6.92 Å². The fraction of sp³-hybridized carbons (Fsp3) is 0.333. The van der Waals surface area contributed by atoms with Crippen LogP contribution in [0.15, 0.2) is 30.3 Å². The van der Waals surface area contributed by atoms with Crippen LogP contribution in [-0.2, 0) is 10.2 Å². The maximum atomic E-state index is 14.3. The number of hydrogen-bond acceptors (Lipinski definition) is 3.